The highest BCUT2D eigenvalue weighted by Gasteiger charge is 2.11. The number of amides is 1. The van der Waals surface area contributed by atoms with Crippen LogP contribution in [0.4, 0.5) is 0 Å². The number of rotatable bonds is 9. The number of carbonyl (C=O) groups excluding carboxylic acids is 1. The highest BCUT2D eigenvalue weighted by molar-refractivity contribution is 5.81. The molecule has 1 unspecified atom stereocenters. The van der Waals surface area contributed by atoms with Gasteiger partial charge in [-0.15, -0.1) is 12.3 Å². The summed E-state index contributed by atoms with van der Waals surface area (Å²) in [6, 6.07) is -0.428. The zero-order valence-corrected chi connectivity index (χ0v) is 10.00. The second kappa shape index (κ2) is 10.5. The third-order valence-electron chi connectivity index (χ3n) is 2.25. The number of terminal acetylenes is 1. The van der Waals surface area contributed by atoms with Gasteiger partial charge in [-0.3, -0.25) is 4.79 Å². The molecule has 0 saturated heterocycles. The second-order valence-corrected chi connectivity index (χ2v) is 3.69. The zero-order valence-electron chi connectivity index (χ0n) is 10.00. The summed E-state index contributed by atoms with van der Waals surface area (Å²) >= 11 is 0. The van der Waals surface area contributed by atoms with Crippen molar-refractivity contribution in [2.75, 3.05) is 20.3 Å². The number of carbonyl (C=O) groups is 1. The third-order valence-corrected chi connectivity index (χ3v) is 2.25. The van der Waals surface area contributed by atoms with Crippen LogP contribution in [0, 0.1) is 12.3 Å². The number of unbranched alkanes of at least 4 members (excludes halogenated alkanes) is 2. The van der Waals surface area contributed by atoms with Gasteiger partial charge in [0, 0.05) is 26.7 Å². The fourth-order valence-corrected chi connectivity index (χ4v) is 1.27. The van der Waals surface area contributed by atoms with Crippen molar-refractivity contribution in [3.8, 4) is 12.3 Å². The van der Waals surface area contributed by atoms with Crippen molar-refractivity contribution in [3.63, 3.8) is 0 Å². The Morgan fingerprint density at radius 3 is 2.88 bits per heavy atom. The predicted molar refractivity (Wildman–Crippen MR) is 64.8 cm³/mol. The fraction of sp³-hybridized carbons (Fsp3) is 0.750. The van der Waals surface area contributed by atoms with Gasteiger partial charge in [0.15, 0.2) is 0 Å². The molecule has 0 radical (unpaired) electrons. The van der Waals surface area contributed by atoms with Gasteiger partial charge in [0.2, 0.25) is 5.91 Å². The summed E-state index contributed by atoms with van der Waals surface area (Å²) < 4.78 is 4.89. The molecule has 92 valence electrons. The van der Waals surface area contributed by atoms with Gasteiger partial charge in [-0.05, 0) is 25.7 Å². The number of ether oxygens (including phenoxy) is 1. The average molecular weight is 226 g/mol. The van der Waals surface area contributed by atoms with Crippen LogP contribution in [0.15, 0.2) is 0 Å². The lowest BCUT2D eigenvalue weighted by molar-refractivity contribution is -0.122. The van der Waals surface area contributed by atoms with Gasteiger partial charge < -0.3 is 15.8 Å². The SMILES string of the molecule is C#CCCCCNC(=O)C(N)CCCOC. The van der Waals surface area contributed by atoms with Crippen molar-refractivity contribution in [1.82, 2.24) is 5.32 Å². The Labute approximate surface area is 97.9 Å². The highest BCUT2D eigenvalue weighted by Crippen LogP contribution is 1.96. The summed E-state index contributed by atoms with van der Waals surface area (Å²) in [5, 5.41) is 2.79. The van der Waals surface area contributed by atoms with Crippen LogP contribution < -0.4 is 11.1 Å². The molecule has 16 heavy (non-hydrogen) atoms. The van der Waals surface area contributed by atoms with Gasteiger partial charge in [-0.2, -0.15) is 0 Å². The molecule has 0 aromatic carbocycles. The van der Waals surface area contributed by atoms with Crippen molar-refractivity contribution < 1.29 is 9.53 Å². The van der Waals surface area contributed by atoms with Crippen molar-refractivity contribution >= 4 is 5.91 Å². The van der Waals surface area contributed by atoms with Gasteiger partial charge in [-0.1, -0.05) is 0 Å². The van der Waals surface area contributed by atoms with E-state index >= 15 is 0 Å². The summed E-state index contributed by atoms with van der Waals surface area (Å²) in [7, 11) is 1.64. The van der Waals surface area contributed by atoms with Crippen LogP contribution in [-0.2, 0) is 9.53 Å². The normalized spacial score (nSPS) is 11.8. The van der Waals surface area contributed by atoms with Crippen LogP contribution in [-0.4, -0.2) is 32.2 Å². The minimum Gasteiger partial charge on any atom is -0.385 e. The molecule has 0 rings (SSSR count). The first-order chi connectivity index (χ1) is 7.72. The predicted octanol–water partition coefficient (Wildman–Crippen LogP) is 0.660. The standard InChI is InChI=1S/C12H22N2O2/c1-3-4-5-6-9-14-12(15)11(13)8-7-10-16-2/h1,11H,4-10,13H2,2H3,(H,14,15). The van der Waals surface area contributed by atoms with Crippen molar-refractivity contribution in [2.24, 2.45) is 5.73 Å². The van der Waals surface area contributed by atoms with E-state index in [0.29, 0.717) is 19.6 Å². The first-order valence-electron chi connectivity index (χ1n) is 5.68. The fourth-order valence-electron chi connectivity index (χ4n) is 1.27. The lowest BCUT2D eigenvalue weighted by atomic mass is 10.1. The number of hydrogen-bond donors (Lipinski definition) is 2. The molecule has 4 nitrogen and oxygen atoms in total. The quantitative estimate of drug-likeness (QED) is 0.448. The van der Waals surface area contributed by atoms with E-state index < -0.39 is 6.04 Å². The second-order valence-electron chi connectivity index (χ2n) is 3.69. The maximum absolute atomic E-state index is 11.5. The average Bonchev–Trinajstić information content (AvgIpc) is 2.28. The molecule has 3 N–H and O–H groups in total. The van der Waals surface area contributed by atoms with E-state index in [2.05, 4.69) is 11.2 Å². The van der Waals surface area contributed by atoms with Gasteiger partial charge in [0.1, 0.15) is 0 Å². The number of nitrogens with one attached hydrogen (secondary N) is 1. The molecule has 4 heteroatoms. The van der Waals surface area contributed by atoms with Crippen molar-refractivity contribution in [2.45, 2.75) is 38.1 Å². The van der Waals surface area contributed by atoms with E-state index in [0.717, 1.165) is 25.7 Å². The summed E-state index contributed by atoms with van der Waals surface area (Å²) in [5.41, 5.74) is 5.70. The van der Waals surface area contributed by atoms with Gasteiger partial charge in [0.25, 0.3) is 0 Å². The van der Waals surface area contributed by atoms with Crippen LogP contribution in [0.1, 0.15) is 32.1 Å². The molecule has 0 aromatic heterocycles. The molecule has 1 atom stereocenters. The van der Waals surface area contributed by atoms with E-state index in [1.54, 1.807) is 7.11 Å². The summed E-state index contributed by atoms with van der Waals surface area (Å²) in [4.78, 5) is 11.5. The van der Waals surface area contributed by atoms with E-state index in [-0.39, 0.29) is 5.91 Å². The Morgan fingerprint density at radius 1 is 1.50 bits per heavy atom. The molecule has 0 spiro atoms. The van der Waals surface area contributed by atoms with Gasteiger partial charge >= 0.3 is 0 Å². The lowest BCUT2D eigenvalue weighted by Gasteiger charge is -2.11. The largest absolute Gasteiger partial charge is 0.385 e. The van der Waals surface area contributed by atoms with Crippen LogP contribution in [0.5, 0.6) is 0 Å². The van der Waals surface area contributed by atoms with Crippen LogP contribution in [0.3, 0.4) is 0 Å². The van der Waals surface area contributed by atoms with Crippen molar-refractivity contribution in [3.05, 3.63) is 0 Å². The first kappa shape index (κ1) is 14.9. The lowest BCUT2D eigenvalue weighted by Crippen LogP contribution is -2.41. The molecule has 0 aliphatic rings. The van der Waals surface area contributed by atoms with E-state index in [1.807, 2.05) is 0 Å². The topological polar surface area (TPSA) is 64.4 Å². The highest BCUT2D eigenvalue weighted by atomic mass is 16.5. The zero-order chi connectivity index (χ0) is 12.2. The Morgan fingerprint density at radius 2 is 2.25 bits per heavy atom. The Balaban J connectivity index is 3.44. The minimum absolute atomic E-state index is 0.0863. The summed E-state index contributed by atoms with van der Waals surface area (Å²) in [6.07, 6.45) is 9.19. The van der Waals surface area contributed by atoms with Gasteiger partial charge in [-0.25, -0.2) is 0 Å². The molecule has 0 aliphatic carbocycles. The van der Waals surface area contributed by atoms with Gasteiger partial charge in [0.05, 0.1) is 6.04 Å². The Bertz CT molecular complexity index is 224. The maximum Gasteiger partial charge on any atom is 0.236 e. The van der Waals surface area contributed by atoms with Crippen molar-refractivity contribution in [1.29, 1.82) is 0 Å². The molecule has 0 aromatic rings. The molecule has 0 fully saturated rings. The van der Waals surface area contributed by atoms with E-state index in [9.17, 15) is 4.79 Å². The molecule has 0 aliphatic heterocycles. The molecule has 0 heterocycles. The number of nitrogens with two attached hydrogens (primary N) is 1. The molecular weight excluding hydrogens is 204 g/mol. The summed E-state index contributed by atoms with van der Waals surface area (Å²) in [6.45, 7) is 1.29. The van der Waals surface area contributed by atoms with E-state index in [4.69, 9.17) is 16.9 Å². The summed E-state index contributed by atoms with van der Waals surface area (Å²) in [5.74, 6) is 2.48. The molecular formula is C12H22N2O2. The van der Waals surface area contributed by atoms with Crippen LogP contribution in [0.25, 0.3) is 0 Å². The Hall–Kier alpha value is -1.05. The van der Waals surface area contributed by atoms with Crippen LogP contribution >= 0.6 is 0 Å². The van der Waals surface area contributed by atoms with Crippen LogP contribution in [0.2, 0.25) is 0 Å². The monoisotopic (exact) mass is 226 g/mol. The van der Waals surface area contributed by atoms with E-state index in [1.165, 1.54) is 0 Å². The molecule has 0 bridgehead atoms. The maximum atomic E-state index is 11.5. The third kappa shape index (κ3) is 8.27. The smallest absolute Gasteiger partial charge is 0.236 e. The Kier molecular flexibility index (Phi) is 9.78. The molecule has 0 saturated carbocycles. The number of methoxy groups -OCH3 is 1. The molecule has 1 amide bonds. The first-order valence-corrected chi connectivity index (χ1v) is 5.68. The minimum atomic E-state index is -0.428. The number of hydrogen-bond acceptors (Lipinski definition) is 3.